The zero-order valence-electron chi connectivity index (χ0n) is 74.7. The second kappa shape index (κ2) is 54.8. The molecule has 4 saturated heterocycles. The van der Waals surface area contributed by atoms with Crippen molar-refractivity contribution in [2.45, 2.75) is 122 Å². The number of benzene rings is 6. The highest BCUT2D eigenvalue weighted by molar-refractivity contribution is 5.44. The van der Waals surface area contributed by atoms with Crippen LogP contribution in [0.4, 0.5) is 0 Å². The van der Waals surface area contributed by atoms with Crippen LogP contribution in [0.1, 0.15) is 83.3 Å². The van der Waals surface area contributed by atoms with Crippen LogP contribution in [0.3, 0.4) is 0 Å². The predicted octanol–water partition coefficient (Wildman–Crippen LogP) is 8.06. The summed E-state index contributed by atoms with van der Waals surface area (Å²) in [6.45, 7) is 31.8. The lowest BCUT2D eigenvalue weighted by Crippen LogP contribution is -2.47. The lowest BCUT2D eigenvalue weighted by atomic mass is 9.89. The number of aromatic nitrogens is 2. The number of aliphatic hydroxyl groups excluding tert-OH is 4. The summed E-state index contributed by atoms with van der Waals surface area (Å²) in [5, 5.41) is 56.0. The SMILES string of the molecule is COc1ccc(CNCC2CCCCC2)c(OCC(O)CN2CCN(C)CC2)c1.COc1ccc(CNCCCn2ccnc2C)c(OCC(O)CN2CCN(C)CC2)c1.COc1ccc(CNCCc2ccccc2)c(OCC(O)CN2CCN(C)CC2)c1.COc1ccc(CNCCc2ccccc2C)c(OCC(O)CN2CCN(C)CC2)c1. The van der Waals surface area contributed by atoms with Crippen LogP contribution < -0.4 is 59.2 Å². The van der Waals surface area contributed by atoms with Crippen molar-refractivity contribution in [1.29, 1.82) is 0 Å². The fraction of sp³-hybridized carbons (Fsp3) is 0.589. The summed E-state index contributed by atoms with van der Waals surface area (Å²) >= 11 is 0. The third-order valence-electron chi connectivity index (χ3n) is 23.4. The van der Waals surface area contributed by atoms with E-state index in [0.717, 1.165) is 243 Å². The molecule has 5 aliphatic rings. The Kier molecular flexibility index (Phi) is 44.0. The van der Waals surface area contributed by atoms with Crippen molar-refractivity contribution in [3.63, 3.8) is 0 Å². The molecule has 4 unspecified atom stereocenters. The van der Waals surface area contributed by atoms with E-state index in [1.807, 2.05) is 92.1 Å². The second-order valence-electron chi connectivity index (χ2n) is 33.3. The van der Waals surface area contributed by atoms with Crippen molar-refractivity contribution in [3.05, 3.63) is 185 Å². The number of rotatable bonds is 44. The third-order valence-corrected chi connectivity index (χ3v) is 23.4. The van der Waals surface area contributed by atoms with E-state index in [1.165, 1.54) is 48.8 Å². The number of aliphatic hydroxyl groups is 4. The number of β-amino-alcohol motifs (C(OH)–C–C–N with tert-alkyl or cyclic N) is 4. The fourth-order valence-corrected chi connectivity index (χ4v) is 15.5. The van der Waals surface area contributed by atoms with Crippen molar-refractivity contribution in [3.8, 4) is 46.0 Å². The largest absolute Gasteiger partial charge is 0.497 e. The first-order valence-corrected chi connectivity index (χ1v) is 44.3. The Morgan fingerprint density at radius 3 is 1.09 bits per heavy atom. The Morgan fingerprint density at radius 1 is 0.388 bits per heavy atom. The molecule has 4 aliphatic heterocycles. The number of aryl methyl sites for hydroxylation is 3. The zero-order chi connectivity index (χ0) is 85.8. The fourth-order valence-electron chi connectivity index (χ4n) is 15.5. The first-order valence-electron chi connectivity index (χ1n) is 44.3. The Labute approximate surface area is 723 Å². The predicted molar refractivity (Wildman–Crippen MR) is 484 cm³/mol. The quantitative estimate of drug-likeness (QED) is 0.0168. The molecule has 0 amide bonds. The van der Waals surface area contributed by atoms with E-state index in [-0.39, 0.29) is 19.8 Å². The normalized spacial score (nSPS) is 17.3. The van der Waals surface area contributed by atoms with Crippen LogP contribution in [0.15, 0.2) is 140 Å². The summed E-state index contributed by atoms with van der Waals surface area (Å²) in [5.41, 5.74) is 8.33. The van der Waals surface area contributed by atoms with E-state index in [9.17, 15) is 20.4 Å². The van der Waals surface area contributed by atoms with Gasteiger partial charge in [-0.25, -0.2) is 4.98 Å². The summed E-state index contributed by atoms with van der Waals surface area (Å²) in [6, 6.07) is 42.5. The molecule has 1 aliphatic carbocycles. The molecule has 7 aromatic rings. The van der Waals surface area contributed by atoms with E-state index in [2.05, 4.69) is 160 Å². The monoisotopic (exact) mass is 1680 g/mol. The van der Waals surface area contributed by atoms with Gasteiger partial charge in [-0.15, -0.1) is 0 Å². The van der Waals surface area contributed by atoms with Gasteiger partial charge in [-0.2, -0.15) is 0 Å². The molecule has 0 spiro atoms. The highest BCUT2D eigenvalue weighted by Crippen LogP contribution is 2.31. The van der Waals surface area contributed by atoms with Gasteiger partial charge in [-0.3, -0.25) is 19.6 Å². The molecule has 0 radical (unpaired) electrons. The number of nitrogens with one attached hydrogen (secondary N) is 4. The topological polar surface area (TPSA) is 247 Å². The molecule has 8 N–H and O–H groups in total. The van der Waals surface area contributed by atoms with Gasteiger partial charge in [0.1, 0.15) is 103 Å². The van der Waals surface area contributed by atoms with Gasteiger partial charge in [0.25, 0.3) is 0 Å². The average molecular weight is 1680 g/mol. The van der Waals surface area contributed by atoms with Crippen LogP contribution in [-0.4, -0.2) is 334 Å². The van der Waals surface area contributed by atoms with Gasteiger partial charge in [0.05, 0.1) is 28.4 Å². The Hall–Kier alpha value is -7.71. The minimum atomic E-state index is -0.520. The summed E-state index contributed by atoms with van der Waals surface area (Å²) in [4.78, 5) is 22.7. The number of likely N-dealkylation sites (N-methyl/N-ethyl adjacent to an activating group) is 4. The van der Waals surface area contributed by atoms with E-state index >= 15 is 0 Å². The van der Waals surface area contributed by atoms with Crippen molar-refractivity contribution in [2.24, 2.45) is 5.92 Å². The van der Waals surface area contributed by atoms with Crippen LogP contribution in [0.5, 0.6) is 46.0 Å². The van der Waals surface area contributed by atoms with E-state index in [4.69, 9.17) is 37.9 Å². The van der Waals surface area contributed by atoms with Crippen LogP contribution in [0.2, 0.25) is 0 Å². The minimum absolute atomic E-state index is 0.270. The highest BCUT2D eigenvalue weighted by Gasteiger charge is 2.24. The maximum Gasteiger partial charge on any atom is 0.127 e. The van der Waals surface area contributed by atoms with Crippen molar-refractivity contribution in [1.82, 2.24) is 70.0 Å². The molecule has 121 heavy (non-hydrogen) atoms. The van der Waals surface area contributed by atoms with Gasteiger partial charge in [-0.1, -0.05) is 98.1 Å². The van der Waals surface area contributed by atoms with Gasteiger partial charge in [0, 0.05) is 223 Å². The first-order chi connectivity index (χ1) is 58.9. The molecule has 4 atom stereocenters. The Balaban J connectivity index is 0.000000183. The highest BCUT2D eigenvalue weighted by atomic mass is 16.5. The maximum absolute atomic E-state index is 10.5. The molecule has 0 bridgehead atoms. The van der Waals surface area contributed by atoms with Gasteiger partial charge in [0.15, 0.2) is 0 Å². The van der Waals surface area contributed by atoms with Gasteiger partial charge in [-0.05, 0) is 147 Å². The second-order valence-corrected chi connectivity index (χ2v) is 33.3. The number of hydrogen-bond acceptors (Lipinski definition) is 25. The lowest BCUT2D eigenvalue weighted by Gasteiger charge is -2.33. The van der Waals surface area contributed by atoms with Crippen molar-refractivity contribution < 1.29 is 58.3 Å². The van der Waals surface area contributed by atoms with E-state index < -0.39 is 24.4 Å². The van der Waals surface area contributed by atoms with Gasteiger partial charge >= 0.3 is 0 Å². The molecule has 26 heteroatoms. The Bertz CT molecular complexity index is 3940. The van der Waals surface area contributed by atoms with Crippen molar-refractivity contribution >= 4 is 0 Å². The molecule has 26 nitrogen and oxygen atoms in total. The van der Waals surface area contributed by atoms with Crippen LogP contribution >= 0.6 is 0 Å². The molecule has 670 valence electrons. The number of piperazine rings is 4. The average Bonchev–Trinajstić information content (AvgIpc) is 1.59. The molecular weight excluding hydrogens is 1530 g/mol. The maximum atomic E-state index is 10.5. The number of hydrogen-bond donors (Lipinski definition) is 8. The molecular formula is C95H148N14O12. The van der Waals surface area contributed by atoms with Gasteiger partial charge in [0.2, 0.25) is 0 Å². The summed E-state index contributed by atoms with van der Waals surface area (Å²) in [5.74, 6) is 7.98. The summed E-state index contributed by atoms with van der Waals surface area (Å²) in [6.07, 6.45) is 11.6. The van der Waals surface area contributed by atoms with Crippen LogP contribution in [-0.2, 0) is 45.6 Å². The standard InChI is InChI=1S/C25H37N3O3.C24H35N3O3.C23H37N5O3.C23H39N3O3/c1-20-6-4-5-7-21(20)10-11-26-17-22-8-9-24(30-3)16-25(22)31-19-23(29)18-28-14-12-27(2)13-15-28;1-26-12-14-27(15-13-26)18-22(28)19-30-24-16-23(29-2)9-8-21(24)17-25-11-10-20-6-4-3-5-7-20;1-19-25-8-10-28(19)9-4-7-24-16-20-5-6-22(30-3)15-23(20)31-18-21(29)17-27-13-11-26(2)12-14-27;1-25-10-12-26(13-11-25)17-21(27)18-29-23-14-22(28-2)9-8-20(23)16-24-15-19-6-4-3-5-7-19/h4-9,16,23,26,29H,10-15,17-19H2,1-3H3;3-9,16,22,25,28H,10-15,17-19H2,1-2H3;5-6,8,10,15,21,24,29H,4,7,9,11-14,16-18H2,1-3H3;8-9,14,19,21,24,27H,3-7,10-13,15-18H2,1-2H3. The number of imidazole rings is 1. The zero-order valence-corrected chi connectivity index (χ0v) is 74.7. The smallest absolute Gasteiger partial charge is 0.127 e. The first kappa shape index (κ1) is 97.1. The van der Waals surface area contributed by atoms with Gasteiger partial charge < -0.3 is 104 Å². The van der Waals surface area contributed by atoms with Crippen molar-refractivity contribution in [2.75, 3.05) is 240 Å². The van der Waals surface area contributed by atoms with Crippen LogP contribution in [0, 0.1) is 19.8 Å². The number of nitrogens with zero attached hydrogens (tertiary/aromatic N) is 10. The molecule has 12 rings (SSSR count). The molecule has 1 aromatic heterocycles. The summed E-state index contributed by atoms with van der Waals surface area (Å²) < 4.78 is 47.7. The minimum Gasteiger partial charge on any atom is -0.497 e. The molecule has 5 fully saturated rings. The number of ether oxygens (including phenoxy) is 8. The molecule has 5 heterocycles. The van der Waals surface area contributed by atoms with E-state index in [0.29, 0.717) is 52.4 Å². The van der Waals surface area contributed by atoms with E-state index in [1.54, 1.807) is 28.4 Å². The van der Waals surface area contributed by atoms with Crippen LogP contribution in [0.25, 0.3) is 0 Å². The molecule has 6 aromatic carbocycles. The molecule has 1 saturated carbocycles. The summed E-state index contributed by atoms with van der Waals surface area (Å²) in [7, 11) is 15.2. The number of methoxy groups -OCH3 is 4. The lowest BCUT2D eigenvalue weighted by molar-refractivity contribution is 0.0501. The third kappa shape index (κ3) is 36.6. The Morgan fingerprint density at radius 2 is 0.736 bits per heavy atom.